The molecule has 0 bridgehead atoms. The molecule has 0 heterocycles. The molecule has 0 aliphatic carbocycles. The van der Waals surface area contributed by atoms with Crippen molar-refractivity contribution >= 4 is 28.0 Å². The third-order valence-corrected chi connectivity index (χ3v) is 1.82. The Morgan fingerprint density at radius 2 is 2.04 bits per heavy atom. The molecule has 0 aromatic heterocycles. The molecule has 10 nitrogen and oxygen atoms in total. The van der Waals surface area contributed by atoms with Crippen LogP contribution in [0.1, 0.15) is 60.6 Å². The minimum atomic E-state index is -4.30. The van der Waals surface area contributed by atoms with Gasteiger partial charge in [0.1, 0.15) is 5.75 Å². The lowest BCUT2D eigenvalue weighted by Crippen LogP contribution is -2.54. The van der Waals surface area contributed by atoms with Gasteiger partial charge in [-0.1, -0.05) is 0 Å². The van der Waals surface area contributed by atoms with Crippen molar-refractivity contribution in [3.05, 3.63) is 29.7 Å². The van der Waals surface area contributed by atoms with Gasteiger partial charge in [0, 0.05) is 23.6 Å². The molecule has 1 aromatic rings. The van der Waals surface area contributed by atoms with Crippen LogP contribution in [0.15, 0.2) is 24.2 Å². The summed E-state index contributed by atoms with van der Waals surface area (Å²) in [5.74, 6) is -6.36. The molecule has 1 atom stereocenters. The first-order chi connectivity index (χ1) is 20.4. The van der Waals surface area contributed by atoms with Crippen molar-refractivity contribution in [3.63, 3.8) is 0 Å². The predicted molar refractivity (Wildman–Crippen MR) is 101 cm³/mol. The van der Waals surface area contributed by atoms with Crippen molar-refractivity contribution in [3.8, 4) is 5.75 Å². The highest BCUT2D eigenvalue weighted by Gasteiger charge is 2.08. The van der Waals surface area contributed by atoms with Crippen LogP contribution in [0.4, 0.5) is 0 Å². The van der Waals surface area contributed by atoms with Crippen LogP contribution in [0, 0.1) is 0 Å². The summed E-state index contributed by atoms with van der Waals surface area (Å²) in [7, 11) is -3.92. The zero-order valence-electron chi connectivity index (χ0n) is 32.4. The van der Waals surface area contributed by atoms with Gasteiger partial charge in [-0.2, -0.15) is 0 Å². The second-order valence-corrected chi connectivity index (χ2v) is 5.50. The Morgan fingerprint density at radius 1 is 1.39 bits per heavy atom. The zero-order valence-corrected chi connectivity index (χ0v) is 15.2. The van der Waals surface area contributed by atoms with Crippen molar-refractivity contribution in [2.45, 2.75) is 32.4 Å². The lowest BCUT2D eigenvalue weighted by Gasteiger charge is -2.06. The fourth-order valence-corrected chi connectivity index (χ4v) is 1.02. The number of benzene rings is 1. The van der Waals surface area contributed by atoms with Gasteiger partial charge in [-0.15, -0.1) is 0 Å². The van der Waals surface area contributed by atoms with E-state index in [4.69, 9.17) is 37.8 Å². The van der Waals surface area contributed by atoms with Crippen molar-refractivity contribution in [2.24, 2.45) is 5.72 Å². The molecule has 1 unspecified atom stereocenters. The molecule has 0 aliphatic rings. The molecule has 11 heteroatoms. The van der Waals surface area contributed by atoms with E-state index in [0.29, 0.717) is 6.26 Å². The Morgan fingerprint density at radius 3 is 2.57 bits per heavy atom. The SMILES string of the molecule is CS(=O)(=O)[O-].[2H]c1c([2H])c(C(=O)OCC)c([2H])c([2H])c1OC(=O)C([2H])([2H])C([2H])([2H])C([2H])([2H])C([2H])([2H])C([2H])N([2H])C(N([2H])[2H])=[N+]([2H])[2H]. The number of nitrogens with two attached hydrogens (primary N) is 2. The van der Waals surface area contributed by atoms with E-state index >= 15 is 0 Å². The Balaban J connectivity index is 0.00000373. The van der Waals surface area contributed by atoms with Gasteiger partial charge in [0.25, 0.3) is 7.06 Å². The van der Waals surface area contributed by atoms with Crippen LogP contribution in [0.5, 0.6) is 5.75 Å². The van der Waals surface area contributed by atoms with Crippen LogP contribution in [0.2, 0.25) is 7.06 Å². The van der Waals surface area contributed by atoms with Crippen LogP contribution in [0.25, 0.3) is 0 Å². The van der Waals surface area contributed by atoms with E-state index in [1.807, 2.05) is 0 Å². The second kappa shape index (κ2) is 13.5. The Labute approximate surface area is 190 Å². The molecule has 0 spiro atoms. The highest BCUT2D eigenvalue weighted by Crippen LogP contribution is 2.14. The van der Waals surface area contributed by atoms with Gasteiger partial charge in [-0.05, 0) is 50.2 Å². The Hall–Kier alpha value is -2.66. The molecule has 28 heavy (non-hydrogen) atoms. The third kappa shape index (κ3) is 15.6. The number of nitrogens with one attached hydrogen (secondary N) is 1. The monoisotopic (exact) mass is 435 g/mol. The van der Waals surface area contributed by atoms with Gasteiger partial charge >= 0.3 is 17.9 Å². The van der Waals surface area contributed by atoms with E-state index in [1.54, 1.807) is 0 Å². The summed E-state index contributed by atoms with van der Waals surface area (Å²) in [4.78, 5) is 24.8. The summed E-state index contributed by atoms with van der Waals surface area (Å²) in [6, 6.07) is -4.53. The van der Waals surface area contributed by atoms with E-state index in [1.165, 1.54) is 6.92 Å². The molecular formula is C17H27N3O7S. The topological polar surface area (TPSA) is 173 Å². The largest absolute Gasteiger partial charge is 0.748 e. The van der Waals surface area contributed by atoms with Crippen LogP contribution in [-0.4, -0.2) is 50.3 Å². The molecule has 1 aromatic carbocycles. The number of guanidine groups is 1. The highest BCUT2D eigenvalue weighted by atomic mass is 32.2. The first-order valence-electron chi connectivity index (χ1n) is 15.7. The smallest absolute Gasteiger partial charge is 0.338 e. The van der Waals surface area contributed by atoms with Gasteiger partial charge in [-0.3, -0.25) is 21.2 Å². The lowest BCUT2D eigenvalue weighted by atomic mass is 10.2. The molecule has 0 amide bonds. The van der Waals surface area contributed by atoms with Crippen LogP contribution >= 0.6 is 0 Å². The quantitative estimate of drug-likeness (QED) is 0.147. The Kier molecular flexibility index (Phi) is 4.04. The first-order valence-corrected chi connectivity index (χ1v) is 8.71. The van der Waals surface area contributed by atoms with Crippen LogP contribution in [-0.2, 0) is 19.6 Å². The van der Waals surface area contributed by atoms with E-state index in [9.17, 15) is 9.59 Å². The fraction of sp³-hybridized carbons (Fsp3) is 0.471. The summed E-state index contributed by atoms with van der Waals surface area (Å²) >= 11 is 0. The minimum absolute atomic E-state index is 0.203. The van der Waals surface area contributed by atoms with E-state index in [0.717, 1.165) is 0 Å². The van der Waals surface area contributed by atoms with E-state index in [2.05, 4.69) is 9.47 Å². The second-order valence-electron chi connectivity index (χ2n) is 4.10. The van der Waals surface area contributed by atoms with Crippen molar-refractivity contribution in [2.75, 3.05) is 19.4 Å². The molecule has 0 aliphatic heterocycles. The number of hydrogen-bond acceptors (Lipinski definition) is 7. The van der Waals surface area contributed by atoms with Gasteiger partial charge in [0.2, 0.25) is 0 Å². The molecule has 0 saturated heterocycles. The summed E-state index contributed by atoms with van der Waals surface area (Å²) in [5, 5.41) is -1.08. The van der Waals surface area contributed by atoms with E-state index in [-0.39, 0.29) is 6.61 Å². The summed E-state index contributed by atoms with van der Waals surface area (Å²) in [5.41, 5.74) is -1.43. The number of esters is 2. The summed E-state index contributed by atoms with van der Waals surface area (Å²) in [6.07, 6.45) is -16.1. The lowest BCUT2D eigenvalue weighted by molar-refractivity contribution is -0.134. The predicted octanol–water partition coefficient (Wildman–Crippen LogP) is -0.846. The van der Waals surface area contributed by atoms with Crippen LogP contribution < -0.4 is 21.2 Å². The number of carbonyl (C=O) groups is 2. The standard InChI is InChI=1S/C16H23N3O4.CH4O3S/c1-2-22-15(21)12-7-9-13(10-8-12)23-14(20)6-4-3-5-11-19-16(17)18;1-5(2,3)4/h7-10H,2-6,11H2,1H3,(H4,17,18,19);1H3,(H,2,3,4)/i3D2,4D2,5D2,6D2,7D,8D,9D,10D,11D;/hD5. The average molecular weight is 436 g/mol. The Bertz CT molecular complexity index is 1420. The maximum Gasteiger partial charge on any atom is 0.338 e. The number of carbonyl (C=O) groups excluding carboxylic acids is 2. The summed E-state index contributed by atoms with van der Waals surface area (Å²) in [6.45, 7) is -1.79. The molecule has 1 rings (SSSR count). The van der Waals surface area contributed by atoms with Crippen LogP contribution in [0.3, 0.4) is 0 Å². The third-order valence-electron chi connectivity index (χ3n) is 1.82. The van der Waals surface area contributed by atoms with Gasteiger partial charge in [0.05, 0.1) is 35.7 Å². The zero-order chi connectivity index (χ0) is 37.1. The molecule has 158 valence electrons. The van der Waals surface area contributed by atoms with Gasteiger partial charge in [-0.25, -0.2) is 13.2 Å². The van der Waals surface area contributed by atoms with Gasteiger partial charge in [0.15, 0.2) is 0 Å². The van der Waals surface area contributed by atoms with Crippen molar-refractivity contribution in [1.82, 2.24) is 5.31 Å². The van der Waals surface area contributed by atoms with E-state index < -0.39 is 112 Å². The van der Waals surface area contributed by atoms with Crippen molar-refractivity contribution in [1.29, 1.82) is 0 Å². The maximum absolute atomic E-state index is 12.8. The van der Waals surface area contributed by atoms with Gasteiger partial charge < -0.3 is 14.0 Å². The number of ether oxygens (including phenoxy) is 2. The van der Waals surface area contributed by atoms with Crippen molar-refractivity contribution < 1.29 is 62.3 Å². The number of rotatable bonds is 9. The average Bonchev–Trinajstić information content (AvgIpc) is 2.87. The number of hydrogen-bond donors (Lipinski definition) is 3. The molecule has 5 N–H and O–H groups in total. The summed E-state index contributed by atoms with van der Waals surface area (Å²) < 4.78 is 176. The first kappa shape index (κ1) is 8.37. The molecule has 0 fully saturated rings. The minimum Gasteiger partial charge on any atom is -0.748 e. The fourth-order valence-electron chi connectivity index (χ4n) is 1.02. The maximum atomic E-state index is 12.8. The molecule has 0 saturated carbocycles. The normalized spacial score (nSPS) is 22.4. The molecular weight excluding hydrogens is 390 g/mol. The highest BCUT2D eigenvalue weighted by molar-refractivity contribution is 7.84. The molecule has 0 radical (unpaired) electrons.